The minimum absolute atomic E-state index is 0.138. The van der Waals surface area contributed by atoms with E-state index in [-0.39, 0.29) is 11.7 Å². The van der Waals surface area contributed by atoms with E-state index in [2.05, 4.69) is 12.2 Å². The van der Waals surface area contributed by atoms with E-state index in [0.717, 1.165) is 29.7 Å². The Morgan fingerprint density at radius 1 is 1.33 bits per heavy atom. The predicted octanol–water partition coefficient (Wildman–Crippen LogP) is 4.92. The van der Waals surface area contributed by atoms with Gasteiger partial charge >= 0.3 is 5.97 Å². The van der Waals surface area contributed by atoms with Crippen LogP contribution >= 0.6 is 23.1 Å². The third kappa shape index (κ3) is 4.90. The van der Waals surface area contributed by atoms with Crippen molar-refractivity contribution in [3.8, 4) is 0 Å². The summed E-state index contributed by atoms with van der Waals surface area (Å²) in [4.78, 5) is 26.7. The number of hydrogen-bond acceptors (Lipinski definition) is 5. The first kappa shape index (κ1) is 19.9. The third-order valence-electron chi connectivity index (χ3n) is 4.57. The van der Waals surface area contributed by atoms with E-state index < -0.39 is 5.97 Å². The molecule has 1 heterocycles. The van der Waals surface area contributed by atoms with Gasteiger partial charge in [-0.3, -0.25) is 4.79 Å². The highest BCUT2D eigenvalue weighted by atomic mass is 32.2. The van der Waals surface area contributed by atoms with Crippen molar-refractivity contribution in [1.29, 1.82) is 0 Å². The second kappa shape index (κ2) is 8.89. The minimum atomic E-state index is -0.391. The van der Waals surface area contributed by atoms with E-state index in [4.69, 9.17) is 4.74 Å². The molecule has 1 amide bonds. The molecule has 1 aliphatic carbocycles. The number of carbonyl (C=O) groups is 2. The van der Waals surface area contributed by atoms with Gasteiger partial charge in [0.15, 0.2) is 0 Å². The lowest BCUT2D eigenvalue weighted by molar-refractivity contribution is -0.115. The van der Waals surface area contributed by atoms with E-state index in [1.807, 2.05) is 0 Å². The van der Waals surface area contributed by atoms with E-state index >= 15 is 0 Å². The molecule has 0 saturated carbocycles. The molecule has 27 heavy (non-hydrogen) atoms. The van der Waals surface area contributed by atoms with Gasteiger partial charge in [-0.15, -0.1) is 23.1 Å². The average Bonchev–Trinajstić information content (AvgIpc) is 2.99. The van der Waals surface area contributed by atoms with Crippen molar-refractivity contribution in [2.75, 3.05) is 18.2 Å². The quantitative estimate of drug-likeness (QED) is 0.545. The summed E-state index contributed by atoms with van der Waals surface area (Å²) in [7, 11) is 1.36. The summed E-state index contributed by atoms with van der Waals surface area (Å²) in [5, 5.41) is 3.49. The molecule has 3 rings (SSSR count). The highest BCUT2D eigenvalue weighted by Gasteiger charge is 2.28. The molecule has 0 saturated heterocycles. The van der Waals surface area contributed by atoms with Gasteiger partial charge in [-0.05, 0) is 55.0 Å². The molecule has 0 radical (unpaired) electrons. The van der Waals surface area contributed by atoms with Gasteiger partial charge in [0.2, 0.25) is 5.91 Å². The molecule has 0 aliphatic heterocycles. The van der Waals surface area contributed by atoms with Crippen molar-refractivity contribution in [2.45, 2.75) is 37.5 Å². The van der Waals surface area contributed by atoms with E-state index in [9.17, 15) is 14.0 Å². The molecule has 0 bridgehead atoms. The van der Waals surface area contributed by atoms with E-state index in [0.29, 0.717) is 28.7 Å². The fourth-order valence-electron chi connectivity index (χ4n) is 3.14. The van der Waals surface area contributed by atoms with Crippen LogP contribution in [0.3, 0.4) is 0 Å². The second-order valence-electron chi connectivity index (χ2n) is 6.65. The highest BCUT2D eigenvalue weighted by Crippen LogP contribution is 2.40. The Bertz CT molecular complexity index is 832. The molecule has 1 aromatic heterocycles. The third-order valence-corrected chi connectivity index (χ3v) is 6.75. The van der Waals surface area contributed by atoms with Crippen molar-refractivity contribution in [3.63, 3.8) is 0 Å². The Morgan fingerprint density at radius 3 is 2.78 bits per heavy atom. The average molecular weight is 408 g/mol. The summed E-state index contributed by atoms with van der Waals surface area (Å²) in [5.74, 6) is 0.354. The molecule has 0 unspecified atom stereocenters. The van der Waals surface area contributed by atoms with Crippen molar-refractivity contribution in [3.05, 3.63) is 46.1 Å². The van der Waals surface area contributed by atoms with Gasteiger partial charge in [0.1, 0.15) is 10.8 Å². The van der Waals surface area contributed by atoms with Gasteiger partial charge in [-0.25, -0.2) is 9.18 Å². The lowest BCUT2D eigenvalue weighted by Gasteiger charge is -2.18. The molecule has 1 aliphatic rings. The van der Waals surface area contributed by atoms with Crippen LogP contribution in [-0.2, 0) is 22.4 Å². The Kier molecular flexibility index (Phi) is 6.55. The maximum atomic E-state index is 12.9. The number of hydrogen-bond donors (Lipinski definition) is 1. The summed E-state index contributed by atoms with van der Waals surface area (Å²) in [6.45, 7) is 2.20. The smallest absolute Gasteiger partial charge is 0.341 e. The van der Waals surface area contributed by atoms with Gasteiger partial charge < -0.3 is 10.1 Å². The first-order valence-corrected chi connectivity index (χ1v) is 10.7. The standard InChI is InChI=1S/C20H22FNO3S2/c1-12-3-8-15-16(11-12)27-19(18(15)20(24)25-2)22-17(23)9-10-26-14-6-4-13(21)5-7-14/h4-7,12H,3,8-11H2,1-2H3,(H,22,23)/t12-/m0/s1. The van der Waals surface area contributed by atoms with E-state index in [1.165, 1.54) is 47.2 Å². The lowest BCUT2D eigenvalue weighted by atomic mass is 9.88. The molecule has 0 spiro atoms. The molecular formula is C20H22FNO3S2. The van der Waals surface area contributed by atoms with Crippen molar-refractivity contribution < 1.29 is 18.7 Å². The fraction of sp³-hybridized carbons (Fsp3) is 0.400. The van der Waals surface area contributed by atoms with Crippen LogP contribution in [0.5, 0.6) is 0 Å². The first-order valence-electron chi connectivity index (χ1n) is 8.89. The number of thiophene rings is 1. The summed E-state index contributed by atoms with van der Waals surface area (Å²) in [6, 6.07) is 6.20. The topological polar surface area (TPSA) is 55.4 Å². The van der Waals surface area contributed by atoms with Gasteiger partial charge in [0, 0.05) is 21.9 Å². The molecule has 1 aromatic carbocycles. The number of anilines is 1. The Hall–Kier alpha value is -1.86. The molecule has 144 valence electrons. The van der Waals surface area contributed by atoms with Crippen LogP contribution in [0.1, 0.15) is 40.6 Å². The van der Waals surface area contributed by atoms with Gasteiger partial charge in [-0.2, -0.15) is 0 Å². The number of nitrogens with one attached hydrogen (secondary N) is 1. The largest absolute Gasteiger partial charge is 0.465 e. The van der Waals surface area contributed by atoms with Gasteiger partial charge in [-0.1, -0.05) is 6.92 Å². The summed E-state index contributed by atoms with van der Waals surface area (Å²) < 4.78 is 17.9. The zero-order valence-electron chi connectivity index (χ0n) is 15.3. The number of amides is 1. The summed E-state index contributed by atoms with van der Waals surface area (Å²) >= 11 is 2.98. The molecule has 4 nitrogen and oxygen atoms in total. The van der Waals surface area contributed by atoms with Gasteiger partial charge in [0.25, 0.3) is 0 Å². The fourth-order valence-corrected chi connectivity index (χ4v) is 5.41. The zero-order chi connectivity index (χ0) is 19.4. The second-order valence-corrected chi connectivity index (χ2v) is 8.92. The molecular weight excluding hydrogens is 385 g/mol. The van der Waals surface area contributed by atoms with Crippen LogP contribution in [0, 0.1) is 11.7 Å². The number of esters is 1. The number of benzene rings is 1. The number of ether oxygens (including phenoxy) is 1. The number of rotatable bonds is 6. The van der Waals surface area contributed by atoms with Crippen LogP contribution in [0.2, 0.25) is 0 Å². The molecule has 2 aromatic rings. The van der Waals surface area contributed by atoms with Crippen molar-refractivity contribution in [2.24, 2.45) is 5.92 Å². The SMILES string of the molecule is COC(=O)c1c(NC(=O)CCSc2ccc(F)cc2)sc2c1CC[C@H](C)C2. The number of carbonyl (C=O) groups excluding carboxylic acids is 2. The maximum absolute atomic E-state index is 12.9. The Labute approximate surface area is 166 Å². The van der Waals surface area contributed by atoms with Gasteiger partial charge in [0.05, 0.1) is 12.7 Å². The number of fused-ring (bicyclic) bond motifs is 1. The molecule has 1 atom stereocenters. The Morgan fingerprint density at radius 2 is 2.07 bits per heavy atom. The highest BCUT2D eigenvalue weighted by molar-refractivity contribution is 7.99. The van der Waals surface area contributed by atoms with Crippen molar-refractivity contribution in [1.82, 2.24) is 0 Å². The lowest BCUT2D eigenvalue weighted by Crippen LogP contribution is -2.16. The minimum Gasteiger partial charge on any atom is -0.465 e. The molecule has 7 heteroatoms. The maximum Gasteiger partial charge on any atom is 0.341 e. The first-order chi connectivity index (χ1) is 13.0. The Balaban J connectivity index is 1.64. The van der Waals surface area contributed by atoms with Crippen molar-refractivity contribution >= 4 is 40.0 Å². The molecule has 0 fully saturated rings. The van der Waals surface area contributed by atoms with Crippen LogP contribution in [-0.4, -0.2) is 24.7 Å². The number of halogens is 1. The number of methoxy groups -OCH3 is 1. The van der Waals surface area contributed by atoms with Crippen LogP contribution in [0.15, 0.2) is 29.2 Å². The van der Waals surface area contributed by atoms with Crippen LogP contribution < -0.4 is 5.32 Å². The van der Waals surface area contributed by atoms with Crippen LogP contribution in [0.25, 0.3) is 0 Å². The summed E-state index contributed by atoms with van der Waals surface area (Å²) in [5.41, 5.74) is 1.55. The predicted molar refractivity (Wildman–Crippen MR) is 107 cm³/mol. The monoisotopic (exact) mass is 407 g/mol. The van der Waals surface area contributed by atoms with Crippen LogP contribution in [0.4, 0.5) is 9.39 Å². The summed E-state index contributed by atoms with van der Waals surface area (Å²) in [6.07, 6.45) is 3.12. The normalized spacial score (nSPS) is 15.9. The number of thioether (sulfide) groups is 1. The zero-order valence-corrected chi connectivity index (χ0v) is 17.0. The van der Waals surface area contributed by atoms with E-state index in [1.54, 1.807) is 12.1 Å². The molecule has 1 N–H and O–H groups in total.